The van der Waals surface area contributed by atoms with Gasteiger partial charge in [0.05, 0.1) is 11.9 Å². The van der Waals surface area contributed by atoms with E-state index in [1.54, 1.807) is 22.8 Å². The van der Waals surface area contributed by atoms with Crippen molar-refractivity contribution in [1.29, 1.82) is 0 Å². The van der Waals surface area contributed by atoms with E-state index >= 15 is 0 Å². The second kappa shape index (κ2) is 7.59. The quantitative estimate of drug-likeness (QED) is 0.669. The standard InChI is InChI=1S/C19H26N6O/c1-14-5-6-16(15(2)9-14)10-21-19(20-3)24-7-8-25(18(26)13-24)17-11-22-23(4)12-17/h5-6,9,11-12H,7-8,10,13H2,1-4H3,(H,20,21). The summed E-state index contributed by atoms with van der Waals surface area (Å²) in [4.78, 5) is 20.7. The van der Waals surface area contributed by atoms with Crippen molar-refractivity contribution >= 4 is 17.6 Å². The molecule has 138 valence electrons. The van der Waals surface area contributed by atoms with Gasteiger partial charge in [0.25, 0.3) is 0 Å². The number of aromatic nitrogens is 2. The highest BCUT2D eigenvalue weighted by Gasteiger charge is 2.27. The van der Waals surface area contributed by atoms with E-state index in [2.05, 4.69) is 47.5 Å². The van der Waals surface area contributed by atoms with Crippen molar-refractivity contribution in [2.75, 3.05) is 31.6 Å². The lowest BCUT2D eigenvalue weighted by Crippen LogP contribution is -2.55. The first-order valence-electron chi connectivity index (χ1n) is 8.78. The van der Waals surface area contributed by atoms with Crippen LogP contribution in [0.25, 0.3) is 0 Å². The van der Waals surface area contributed by atoms with Gasteiger partial charge in [0.2, 0.25) is 5.91 Å². The number of hydrogen-bond donors (Lipinski definition) is 1. The van der Waals surface area contributed by atoms with Gasteiger partial charge in [0, 0.05) is 39.9 Å². The van der Waals surface area contributed by atoms with Gasteiger partial charge in [0.15, 0.2) is 5.96 Å². The van der Waals surface area contributed by atoms with Crippen molar-refractivity contribution in [2.24, 2.45) is 12.0 Å². The van der Waals surface area contributed by atoms with Gasteiger partial charge in [0.1, 0.15) is 6.54 Å². The zero-order valence-electron chi connectivity index (χ0n) is 15.9. The topological polar surface area (TPSA) is 65.8 Å². The lowest BCUT2D eigenvalue weighted by atomic mass is 10.1. The van der Waals surface area contributed by atoms with Crippen LogP contribution in [0, 0.1) is 13.8 Å². The summed E-state index contributed by atoms with van der Waals surface area (Å²) in [5.74, 6) is 0.808. The molecule has 1 amide bonds. The van der Waals surface area contributed by atoms with Crippen LogP contribution in [0.5, 0.6) is 0 Å². The number of nitrogens with one attached hydrogen (secondary N) is 1. The largest absolute Gasteiger partial charge is 0.352 e. The number of benzene rings is 1. The summed E-state index contributed by atoms with van der Waals surface area (Å²) in [5.41, 5.74) is 4.59. The number of aryl methyl sites for hydroxylation is 3. The fraction of sp³-hybridized carbons (Fsp3) is 0.421. The molecule has 0 radical (unpaired) electrons. The van der Waals surface area contributed by atoms with E-state index < -0.39 is 0 Å². The highest BCUT2D eigenvalue weighted by atomic mass is 16.2. The highest BCUT2D eigenvalue weighted by molar-refractivity contribution is 5.98. The first-order chi connectivity index (χ1) is 12.5. The molecule has 2 aromatic rings. The van der Waals surface area contributed by atoms with Gasteiger partial charge >= 0.3 is 0 Å². The van der Waals surface area contributed by atoms with Crippen molar-refractivity contribution in [3.63, 3.8) is 0 Å². The summed E-state index contributed by atoms with van der Waals surface area (Å²) >= 11 is 0. The Bertz CT molecular complexity index is 825. The number of amides is 1. The normalized spacial score (nSPS) is 15.5. The molecule has 0 unspecified atom stereocenters. The molecule has 1 aromatic carbocycles. The van der Waals surface area contributed by atoms with E-state index in [0.29, 0.717) is 19.6 Å². The maximum Gasteiger partial charge on any atom is 0.246 e. The molecule has 0 bridgehead atoms. The number of hydrogen-bond acceptors (Lipinski definition) is 3. The Morgan fingerprint density at radius 3 is 2.73 bits per heavy atom. The Labute approximate surface area is 154 Å². The fourth-order valence-corrected chi connectivity index (χ4v) is 3.23. The first-order valence-corrected chi connectivity index (χ1v) is 8.78. The first kappa shape index (κ1) is 18.0. The van der Waals surface area contributed by atoms with Gasteiger partial charge in [-0.25, -0.2) is 0 Å². The van der Waals surface area contributed by atoms with Crippen LogP contribution in [-0.2, 0) is 18.4 Å². The minimum atomic E-state index is 0.0544. The molecule has 1 aliphatic heterocycles. The van der Waals surface area contributed by atoms with E-state index in [1.807, 2.05) is 18.1 Å². The second-order valence-electron chi connectivity index (χ2n) is 6.67. The lowest BCUT2D eigenvalue weighted by Gasteiger charge is -2.35. The van der Waals surface area contributed by atoms with Gasteiger partial charge in [-0.2, -0.15) is 5.10 Å². The molecule has 0 saturated carbocycles. The molecule has 1 saturated heterocycles. The number of carbonyl (C=O) groups is 1. The van der Waals surface area contributed by atoms with E-state index in [-0.39, 0.29) is 5.91 Å². The Morgan fingerprint density at radius 1 is 1.31 bits per heavy atom. The van der Waals surface area contributed by atoms with Crippen LogP contribution in [0.4, 0.5) is 5.69 Å². The maximum absolute atomic E-state index is 12.6. The van der Waals surface area contributed by atoms with Gasteiger partial charge in [-0.3, -0.25) is 14.5 Å². The van der Waals surface area contributed by atoms with Crippen LogP contribution < -0.4 is 10.2 Å². The third-order valence-corrected chi connectivity index (χ3v) is 4.67. The van der Waals surface area contributed by atoms with Crippen LogP contribution in [0.2, 0.25) is 0 Å². The van der Waals surface area contributed by atoms with Crippen LogP contribution in [-0.4, -0.2) is 53.2 Å². The molecular formula is C19H26N6O. The maximum atomic E-state index is 12.6. The van der Waals surface area contributed by atoms with E-state index in [9.17, 15) is 4.79 Å². The number of piperazine rings is 1. The van der Waals surface area contributed by atoms with Gasteiger partial charge in [-0.15, -0.1) is 0 Å². The predicted octanol–water partition coefficient (Wildman–Crippen LogP) is 1.46. The molecule has 1 fully saturated rings. The lowest BCUT2D eigenvalue weighted by molar-refractivity contribution is -0.120. The summed E-state index contributed by atoms with van der Waals surface area (Å²) in [6.45, 7) is 6.55. The summed E-state index contributed by atoms with van der Waals surface area (Å²) in [7, 11) is 3.60. The molecule has 7 heteroatoms. The summed E-state index contributed by atoms with van der Waals surface area (Å²) in [6, 6.07) is 6.43. The van der Waals surface area contributed by atoms with Crippen molar-refractivity contribution in [3.05, 3.63) is 47.3 Å². The zero-order chi connectivity index (χ0) is 18.7. The smallest absolute Gasteiger partial charge is 0.246 e. The predicted molar refractivity (Wildman–Crippen MR) is 103 cm³/mol. The number of guanidine groups is 1. The van der Waals surface area contributed by atoms with Crippen LogP contribution in [0.15, 0.2) is 35.6 Å². The van der Waals surface area contributed by atoms with Gasteiger partial charge in [-0.05, 0) is 25.0 Å². The highest BCUT2D eigenvalue weighted by Crippen LogP contribution is 2.16. The van der Waals surface area contributed by atoms with E-state index in [0.717, 1.165) is 18.2 Å². The summed E-state index contributed by atoms with van der Waals surface area (Å²) < 4.78 is 1.71. The third kappa shape index (κ3) is 3.87. The van der Waals surface area contributed by atoms with E-state index in [1.165, 1.54) is 16.7 Å². The Kier molecular flexibility index (Phi) is 5.25. The van der Waals surface area contributed by atoms with Gasteiger partial charge < -0.3 is 15.1 Å². The third-order valence-electron chi connectivity index (χ3n) is 4.67. The minimum absolute atomic E-state index is 0.0544. The monoisotopic (exact) mass is 354 g/mol. The molecule has 1 aliphatic rings. The molecular weight excluding hydrogens is 328 g/mol. The molecule has 26 heavy (non-hydrogen) atoms. The number of carbonyl (C=O) groups excluding carboxylic acids is 1. The second-order valence-corrected chi connectivity index (χ2v) is 6.67. The van der Waals surface area contributed by atoms with Crippen LogP contribution in [0.1, 0.15) is 16.7 Å². The van der Waals surface area contributed by atoms with Crippen molar-refractivity contribution in [2.45, 2.75) is 20.4 Å². The summed E-state index contributed by atoms with van der Waals surface area (Å²) in [6.07, 6.45) is 3.58. The minimum Gasteiger partial charge on any atom is -0.352 e. The van der Waals surface area contributed by atoms with Gasteiger partial charge in [-0.1, -0.05) is 23.8 Å². The van der Waals surface area contributed by atoms with Crippen molar-refractivity contribution in [3.8, 4) is 0 Å². The number of rotatable bonds is 3. The Hall–Kier alpha value is -2.83. The average Bonchev–Trinajstić information content (AvgIpc) is 3.03. The Balaban J connectivity index is 1.62. The number of aliphatic imine (C=N–C) groups is 1. The van der Waals surface area contributed by atoms with Crippen LogP contribution in [0.3, 0.4) is 0 Å². The zero-order valence-corrected chi connectivity index (χ0v) is 15.9. The molecule has 2 heterocycles. The summed E-state index contributed by atoms with van der Waals surface area (Å²) in [5, 5.41) is 7.53. The molecule has 3 rings (SSSR count). The molecule has 0 atom stereocenters. The Morgan fingerprint density at radius 2 is 2.12 bits per heavy atom. The average molecular weight is 354 g/mol. The molecule has 7 nitrogen and oxygen atoms in total. The number of nitrogens with zero attached hydrogens (tertiary/aromatic N) is 5. The fourth-order valence-electron chi connectivity index (χ4n) is 3.23. The van der Waals surface area contributed by atoms with E-state index in [4.69, 9.17) is 0 Å². The molecule has 1 aromatic heterocycles. The van der Waals surface area contributed by atoms with Crippen molar-refractivity contribution < 1.29 is 4.79 Å². The SMILES string of the molecule is CN=C(NCc1ccc(C)cc1C)N1CCN(c2cnn(C)c2)C(=O)C1. The van der Waals surface area contributed by atoms with Crippen LogP contribution >= 0.6 is 0 Å². The number of anilines is 1. The molecule has 0 spiro atoms. The molecule has 0 aliphatic carbocycles. The molecule has 1 N–H and O–H groups in total. The van der Waals surface area contributed by atoms with Crippen molar-refractivity contribution in [1.82, 2.24) is 20.0 Å².